The summed E-state index contributed by atoms with van der Waals surface area (Å²) in [5.74, 6) is 7.85. The number of hydrogen-bond acceptors (Lipinski definition) is 2. The molecule has 25 heavy (non-hydrogen) atoms. The molecule has 4 rings (SSSR count). The minimum Gasteiger partial charge on any atom is -0.378 e. The monoisotopic (exact) mass is 340 g/mol. The van der Waals surface area contributed by atoms with E-state index in [0.29, 0.717) is 23.7 Å². The summed E-state index contributed by atoms with van der Waals surface area (Å²) >= 11 is 0. The van der Waals surface area contributed by atoms with Gasteiger partial charge in [0.1, 0.15) is 11.2 Å². The van der Waals surface area contributed by atoms with Crippen LogP contribution in [-0.2, 0) is 0 Å². The van der Waals surface area contributed by atoms with Gasteiger partial charge in [0.25, 0.3) is 0 Å². The highest BCUT2D eigenvalue weighted by atomic mass is 16.3. The van der Waals surface area contributed by atoms with Crippen molar-refractivity contribution in [1.29, 1.82) is 0 Å². The zero-order valence-corrected chi connectivity index (χ0v) is 15.7. The van der Waals surface area contributed by atoms with Crippen molar-refractivity contribution in [3.63, 3.8) is 0 Å². The fourth-order valence-corrected chi connectivity index (χ4v) is 7.63. The van der Waals surface area contributed by atoms with Gasteiger partial charge >= 0.3 is 0 Å². The van der Waals surface area contributed by atoms with Gasteiger partial charge in [0.15, 0.2) is 0 Å². The Balaban J connectivity index is 1.63. The van der Waals surface area contributed by atoms with Crippen LogP contribution in [-0.4, -0.2) is 21.4 Å². The minimum atomic E-state index is -0.920. The molecule has 0 amide bonds. The van der Waals surface area contributed by atoms with E-state index in [9.17, 15) is 10.2 Å². The molecule has 0 bridgehead atoms. The molecule has 0 aromatic carbocycles. The van der Waals surface area contributed by atoms with Crippen molar-refractivity contribution in [2.45, 2.75) is 82.8 Å². The molecule has 4 aliphatic rings. The summed E-state index contributed by atoms with van der Waals surface area (Å²) < 4.78 is 0. The molecule has 0 radical (unpaired) electrons. The van der Waals surface area contributed by atoms with Gasteiger partial charge in [0, 0.05) is 5.41 Å². The molecule has 0 saturated heterocycles. The molecule has 136 valence electrons. The van der Waals surface area contributed by atoms with Gasteiger partial charge in [-0.25, -0.2) is 0 Å². The Bertz CT molecular complexity index is 656. The second kappa shape index (κ2) is 5.28. The predicted octanol–water partition coefficient (Wildman–Crippen LogP) is 3.76. The molecule has 0 aliphatic heterocycles. The third-order valence-corrected chi connectivity index (χ3v) is 9.39. The maximum atomic E-state index is 11.1. The van der Waals surface area contributed by atoms with Gasteiger partial charge < -0.3 is 10.2 Å². The molecule has 4 aliphatic carbocycles. The fraction of sp³-hybridized carbons (Fsp3) is 0.826. The highest BCUT2D eigenvalue weighted by molar-refractivity contribution is 5.24. The first-order valence-electron chi connectivity index (χ1n) is 10.1. The van der Waals surface area contributed by atoms with Gasteiger partial charge in [-0.1, -0.05) is 25.7 Å². The Morgan fingerprint density at radius 2 is 1.56 bits per heavy atom. The Hall–Kier alpha value is -0.960. The van der Waals surface area contributed by atoms with Crippen molar-refractivity contribution in [1.82, 2.24) is 0 Å². The first kappa shape index (κ1) is 17.5. The molecule has 2 nitrogen and oxygen atoms in total. The third kappa shape index (κ3) is 2.14. The molecule has 4 fully saturated rings. The normalized spacial score (nSPS) is 57.5. The molecular formula is C23H32O2. The van der Waals surface area contributed by atoms with Crippen LogP contribution in [0.25, 0.3) is 0 Å². The van der Waals surface area contributed by atoms with Crippen LogP contribution in [0.15, 0.2) is 0 Å². The summed E-state index contributed by atoms with van der Waals surface area (Å²) in [6, 6.07) is 0. The fourth-order valence-electron chi connectivity index (χ4n) is 7.63. The number of fused-ring (bicyclic) bond motifs is 5. The van der Waals surface area contributed by atoms with Gasteiger partial charge in [0.2, 0.25) is 0 Å². The lowest BCUT2D eigenvalue weighted by atomic mass is 9.43. The summed E-state index contributed by atoms with van der Waals surface area (Å²) in [6.07, 6.45) is 20.3. The standard InChI is InChI=1S/C23H32O2/c1-5-22(24)14-13-20(3)16(15-22)7-8-17-18(20)9-11-21(4)19(17)10-12-23(21,25)6-2/h1-2,16-19,24-25H,7-15H2,3-4H3/t16-,17+,18-,19-,20-,21-,22-,23+/m0/s1. The van der Waals surface area contributed by atoms with Crippen molar-refractivity contribution < 1.29 is 10.2 Å². The van der Waals surface area contributed by atoms with Crippen LogP contribution < -0.4 is 0 Å². The zero-order valence-electron chi connectivity index (χ0n) is 15.7. The van der Waals surface area contributed by atoms with Gasteiger partial charge in [-0.05, 0) is 86.9 Å². The maximum Gasteiger partial charge on any atom is 0.130 e. The van der Waals surface area contributed by atoms with E-state index >= 15 is 0 Å². The molecule has 0 unspecified atom stereocenters. The van der Waals surface area contributed by atoms with Crippen molar-refractivity contribution in [3.8, 4) is 24.7 Å². The van der Waals surface area contributed by atoms with Crippen LogP contribution in [0.3, 0.4) is 0 Å². The van der Waals surface area contributed by atoms with Gasteiger partial charge in [-0.3, -0.25) is 0 Å². The Labute approximate surface area is 152 Å². The SMILES string of the molecule is C#C[C@]1(O)CC[C@@]2(C)[C@@H](CC[C@@H]3[C@@H]2CC[C@@]2(C)[C@H]3CC[C@]2(O)C#C)C1. The minimum absolute atomic E-state index is 0.125. The molecule has 4 saturated carbocycles. The molecule has 0 aromatic rings. The number of terminal acetylenes is 2. The summed E-state index contributed by atoms with van der Waals surface area (Å²) in [7, 11) is 0. The Morgan fingerprint density at radius 1 is 0.840 bits per heavy atom. The largest absolute Gasteiger partial charge is 0.378 e. The average Bonchev–Trinajstić information content (AvgIpc) is 2.88. The Kier molecular flexibility index (Phi) is 3.69. The van der Waals surface area contributed by atoms with E-state index in [4.69, 9.17) is 12.8 Å². The van der Waals surface area contributed by atoms with E-state index in [-0.39, 0.29) is 10.8 Å². The van der Waals surface area contributed by atoms with E-state index in [0.717, 1.165) is 51.4 Å². The zero-order chi connectivity index (χ0) is 18.1. The van der Waals surface area contributed by atoms with Gasteiger partial charge in [-0.2, -0.15) is 0 Å². The first-order chi connectivity index (χ1) is 11.7. The molecule has 0 aromatic heterocycles. The molecule has 0 spiro atoms. The van der Waals surface area contributed by atoms with Crippen molar-refractivity contribution >= 4 is 0 Å². The van der Waals surface area contributed by atoms with Crippen molar-refractivity contribution in [3.05, 3.63) is 0 Å². The highest BCUT2D eigenvalue weighted by Gasteiger charge is 2.64. The van der Waals surface area contributed by atoms with E-state index in [2.05, 4.69) is 25.7 Å². The second-order valence-corrected chi connectivity index (χ2v) is 10.0. The highest BCUT2D eigenvalue weighted by Crippen LogP contribution is 2.68. The second-order valence-electron chi connectivity index (χ2n) is 10.0. The van der Waals surface area contributed by atoms with E-state index < -0.39 is 11.2 Å². The van der Waals surface area contributed by atoms with Gasteiger partial charge in [0.05, 0.1) is 0 Å². The molecule has 8 atom stereocenters. The molecule has 0 heterocycles. The van der Waals surface area contributed by atoms with Crippen molar-refractivity contribution in [2.24, 2.45) is 34.5 Å². The lowest BCUT2D eigenvalue weighted by Gasteiger charge is -2.62. The number of rotatable bonds is 0. The predicted molar refractivity (Wildman–Crippen MR) is 99.3 cm³/mol. The van der Waals surface area contributed by atoms with E-state index in [1.54, 1.807) is 0 Å². The van der Waals surface area contributed by atoms with Crippen LogP contribution >= 0.6 is 0 Å². The van der Waals surface area contributed by atoms with E-state index in [1.807, 2.05) is 0 Å². The van der Waals surface area contributed by atoms with Crippen LogP contribution in [0.1, 0.15) is 71.6 Å². The summed E-state index contributed by atoms with van der Waals surface area (Å²) in [6.45, 7) is 4.70. The lowest BCUT2D eigenvalue weighted by molar-refractivity contribution is -0.152. The number of hydrogen-bond donors (Lipinski definition) is 2. The summed E-state index contributed by atoms with van der Waals surface area (Å²) in [5.41, 5.74) is -1.65. The topological polar surface area (TPSA) is 40.5 Å². The molecular weight excluding hydrogens is 308 g/mol. The van der Waals surface area contributed by atoms with E-state index in [1.165, 1.54) is 6.42 Å². The smallest absolute Gasteiger partial charge is 0.130 e. The number of aliphatic hydroxyl groups is 2. The van der Waals surface area contributed by atoms with Crippen molar-refractivity contribution in [2.75, 3.05) is 0 Å². The lowest BCUT2D eigenvalue weighted by Crippen LogP contribution is -2.57. The first-order valence-corrected chi connectivity index (χ1v) is 10.1. The van der Waals surface area contributed by atoms with Crippen LogP contribution in [0.2, 0.25) is 0 Å². The molecule has 2 N–H and O–H groups in total. The summed E-state index contributed by atoms with van der Waals surface area (Å²) in [4.78, 5) is 0. The quantitative estimate of drug-likeness (QED) is 0.659. The third-order valence-electron chi connectivity index (χ3n) is 9.39. The maximum absolute atomic E-state index is 11.1. The van der Waals surface area contributed by atoms with Crippen LogP contribution in [0, 0.1) is 59.2 Å². The van der Waals surface area contributed by atoms with Crippen LogP contribution in [0.5, 0.6) is 0 Å². The Morgan fingerprint density at radius 3 is 2.24 bits per heavy atom. The average molecular weight is 341 g/mol. The van der Waals surface area contributed by atoms with Gasteiger partial charge in [-0.15, -0.1) is 12.8 Å². The van der Waals surface area contributed by atoms with Crippen LogP contribution in [0.4, 0.5) is 0 Å². The summed E-state index contributed by atoms with van der Waals surface area (Å²) in [5, 5.41) is 21.7. The molecule has 2 heteroatoms.